The molecule has 0 amide bonds. The Kier molecular flexibility index (Phi) is 6.31. The van der Waals surface area contributed by atoms with Crippen LogP contribution in [-0.4, -0.2) is 64.3 Å². The van der Waals surface area contributed by atoms with Crippen molar-refractivity contribution in [3.63, 3.8) is 0 Å². The van der Waals surface area contributed by atoms with E-state index in [0.717, 1.165) is 50.2 Å². The van der Waals surface area contributed by atoms with Gasteiger partial charge in [0.15, 0.2) is 0 Å². The third-order valence-electron chi connectivity index (χ3n) is 7.48. The Labute approximate surface area is 214 Å². The minimum absolute atomic E-state index is 0.201. The molecule has 4 aromatic rings. The molecule has 190 valence electrons. The first-order chi connectivity index (χ1) is 18.1. The van der Waals surface area contributed by atoms with Crippen LogP contribution in [0.15, 0.2) is 53.7 Å². The summed E-state index contributed by atoms with van der Waals surface area (Å²) in [5, 5.41) is 4.66. The van der Waals surface area contributed by atoms with Crippen molar-refractivity contribution < 1.29 is 9.47 Å². The molecule has 2 fully saturated rings. The number of hydrogen-bond donors (Lipinski definition) is 2. The van der Waals surface area contributed by atoms with Gasteiger partial charge >= 0.3 is 0 Å². The summed E-state index contributed by atoms with van der Waals surface area (Å²) in [6.07, 6.45) is 7.14. The Morgan fingerprint density at radius 2 is 1.92 bits per heavy atom. The van der Waals surface area contributed by atoms with Crippen molar-refractivity contribution in [1.29, 1.82) is 0 Å². The normalized spacial score (nSPS) is 17.0. The zero-order valence-corrected chi connectivity index (χ0v) is 21.0. The first-order valence-electron chi connectivity index (χ1n) is 12.7. The molecular weight excluding hydrogens is 468 g/mol. The molecule has 2 aliphatic rings. The van der Waals surface area contributed by atoms with Gasteiger partial charge in [-0.15, -0.1) is 0 Å². The van der Waals surface area contributed by atoms with Gasteiger partial charge in [-0.3, -0.25) is 14.7 Å². The number of rotatable bonds is 6. The largest absolute Gasteiger partial charge is 0.480 e. The number of H-pyrrole nitrogens is 1. The van der Waals surface area contributed by atoms with Crippen molar-refractivity contribution in [1.82, 2.24) is 24.8 Å². The molecule has 0 spiro atoms. The Morgan fingerprint density at radius 1 is 1.08 bits per heavy atom. The molecule has 0 aliphatic carbocycles. The van der Waals surface area contributed by atoms with E-state index in [2.05, 4.69) is 50.3 Å². The molecule has 2 N–H and O–H groups in total. The minimum Gasteiger partial charge on any atom is -0.480 e. The van der Waals surface area contributed by atoms with E-state index >= 15 is 0 Å². The maximum atomic E-state index is 12.8. The molecule has 1 aromatic carbocycles. The summed E-state index contributed by atoms with van der Waals surface area (Å²) < 4.78 is 10.6. The first kappa shape index (κ1) is 23.6. The predicted octanol–water partition coefficient (Wildman–Crippen LogP) is 4.02. The van der Waals surface area contributed by atoms with Gasteiger partial charge in [0.1, 0.15) is 11.5 Å². The van der Waals surface area contributed by atoms with Crippen molar-refractivity contribution in [3.8, 4) is 17.3 Å². The van der Waals surface area contributed by atoms with Gasteiger partial charge in [0.25, 0.3) is 5.56 Å². The van der Waals surface area contributed by atoms with Crippen molar-refractivity contribution in [3.05, 3.63) is 70.4 Å². The summed E-state index contributed by atoms with van der Waals surface area (Å²) >= 11 is 0. The monoisotopic (exact) mass is 498 g/mol. The lowest BCUT2D eigenvalue weighted by Crippen LogP contribution is -2.51. The summed E-state index contributed by atoms with van der Waals surface area (Å²) in [6, 6.07) is 10.8. The molecule has 2 saturated heterocycles. The van der Waals surface area contributed by atoms with Crippen LogP contribution in [0.1, 0.15) is 29.9 Å². The number of piperidine rings is 1. The van der Waals surface area contributed by atoms with Crippen LogP contribution < -0.4 is 15.6 Å². The number of aryl methyl sites for hydroxylation is 1. The number of likely N-dealkylation sites (tertiary alicyclic amines) is 1. The van der Waals surface area contributed by atoms with Crippen molar-refractivity contribution in [2.45, 2.75) is 31.7 Å². The highest BCUT2D eigenvalue weighted by molar-refractivity contribution is 5.94. The minimum atomic E-state index is -0.201. The van der Waals surface area contributed by atoms with Crippen LogP contribution >= 0.6 is 0 Å². The average Bonchev–Trinajstić information content (AvgIpc) is 2.88. The second kappa shape index (κ2) is 9.91. The highest BCUT2D eigenvalue weighted by Crippen LogP contribution is 2.34. The van der Waals surface area contributed by atoms with Gasteiger partial charge in [-0.1, -0.05) is 6.07 Å². The Hall–Kier alpha value is -3.82. The van der Waals surface area contributed by atoms with Gasteiger partial charge in [-0.2, -0.15) is 0 Å². The molecule has 0 saturated carbocycles. The molecule has 0 atom stereocenters. The summed E-state index contributed by atoms with van der Waals surface area (Å²) in [5.41, 5.74) is 4.48. The summed E-state index contributed by atoms with van der Waals surface area (Å²) in [4.78, 5) is 31.6. The number of ether oxygens (including phenoxy) is 2. The Balaban J connectivity index is 1.29. The second-order valence-electron chi connectivity index (χ2n) is 9.77. The van der Waals surface area contributed by atoms with Crippen LogP contribution in [0.3, 0.4) is 0 Å². The molecule has 2 aliphatic heterocycles. The van der Waals surface area contributed by atoms with Crippen LogP contribution in [0.25, 0.3) is 22.2 Å². The molecule has 9 heteroatoms. The van der Waals surface area contributed by atoms with Gasteiger partial charge in [0.2, 0.25) is 5.88 Å². The molecular formula is C28H30N6O3. The van der Waals surface area contributed by atoms with Gasteiger partial charge in [0, 0.05) is 11.9 Å². The van der Waals surface area contributed by atoms with Crippen molar-refractivity contribution in [2.24, 2.45) is 0 Å². The van der Waals surface area contributed by atoms with E-state index in [1.54, 1.807) is 25.7 Å². The third-order valence-corrected chi connectivity index (χ3v) is 7.48. The number of fused-ring (bicyclic) bond motifs is 1. The zero-order valence-electron chi connectivity index (χ0n) is 21.0. The lowest BCUT2D eigenvalue weighted by Gasteiger charge is -2.41. The Morgan fingerprint density at radius 3 is 2.65 bits per heavy atom. The van der Waals surface area contributed by atoms with Gasteiger partial charge in [-0.05, 0) is 79.6 Å². The van der Waals surface area contributed by atoms with Crippen molar-refractivity contribution in [2.75, 3.05) is 38.7 Å². The molecule has 5 heterocycles. The molecule has 9 nitrogen and oxygen atoms in total. The lowest BCUT2D eigenvalue weighted by molar-refractivity contribution is -0.0712. The maximum Gasteiger partial charge on any atom is 0.259 e. The van der Waals surface area contributed by atoms with Gasteiger partial charge in [0.05, 0.1) is 49.8 Å². The predicted molar refractivity (Wildman–Crippen MR) is 143 cm³/mol. The van der Waals surface area contributed by atoms with Crippen LogP contribution in [0.5, 0.6) is 5.88 Å². The van der Waals surface area contributed by atoms with E-state index in [9.17, 15) is 4.79 Å². The zero-order chi connectivity index (χ0) is 25.4. The average molecular weight is 499 g/mol. The fraction of sp³-hybridized carbons (Fsp3) is 0.357. The van der Waals surface area contributed by atoms with E-state index in [4.69, 9.17) is 14.5 Å². The standard InChI is InChI=1S/C28H30N6O3/c1-17-11-20(3-4-22(17)18-6-9-34(10-7-18)21-15-37-16-21)31-27-26-19(5-8-30-28(26)35)12-23(33-27)24-13-29-14-25(32-24)36-2/h3-5,8,11-14,18,21H,6-7,9-10,15-16H2,1-2H3,(H,30,35)(H,31,33). The first-order valence-corrected chi connectivity index (χ1v) is 12.7. The van der Waals surface area contributed by atoms with E-state index in [1.165, 1.54) is 11.1 Å². The molecule has 6 rings (SSSR count). The van der Waals surface area contributed by atoms with E-state index < -0.39 is 0 Å². The quantitative estimate of drug-likeness (QED) is 0.411. The number of pyridine rings is 2. The van der Waals surface area contributed by atoms with Gasteiger partial charge < -0.3 is 19.8 Å². The molecule has 3 aromatic heterocycles. The second-order valence-corrected chi connectivity index (χ2v) is 9.77. The van der Waals surface area contributed by atoms with Crippen LogP contribution in [-0.2, 0) is 4.74 Å². The smallest absolute Gasteiger partial charge is 0.259 e. The number of anilines is 2. The SMILES string of the molecule is COc1cncc(-c2cc3cc[nH]c(=O)c3c(Nc3ccc(C4CCN(C5COC5)CC4)c(C)c3)n2)n1. The molecule has 37 heavy (non-hydrogen) atoms. The maximum absolute atomic E-state index is 12.8. The molecule has 0 radical (unpaired) electrons. The highest BCUT2D eigenvalue weighted by atomic mass is 16.5. The number of aromatic amines is 1. The highest BCUT2D eigenvalue weighted by Gasteiger charge is 2.30. The fourth-order valence-corrected chi connectivity index (χ4v) is 5.36. The topological polar surface area (TPSA) is 105 Å². The lowest BCUT2D eigenvalue weighted by atomic mass is 9.86. The van der Waals surface area contributed by atoms with Gasteiger partial charge in [-0.25, -0.2) is 9.97 Å². The van der Waals surface area contributed by atoms with Crippen LogP contribution in [0.4, 0.5) is 11.5 Å². The number of methoxy groups -OCH3 is 1. The van der Waals surface area contributed by atoms with E-state index in [0.29, 0.717) is 40.4 Å². The van der Waals surface area contributed by atoms with Crippen LogP contribution in [0.2, 0.25) is 0 Å². The number of nitrogens with one attached hydrogen (secondary N) is 2. The Bertz CT molecular complexity index is 1490. The number of nitrogens with zero attached hydrogens (tertiary/aromatic N) is 4. The molecule has 0 unspecified atom stereocenters. The van der Waals surface area contributed by atoms with Crippen molar-refractivity contribution >= 4 is 22.3 Å². The number of hydrogen-bond acceptors (Lipinski definition) is 8. The summed E-state index contributed by atoms with van der Waals surface area (Å²) in [7, 11) is 1.55. The van der Waals surface area contributed by atoms with E-state index in [1.807, 2.05) is 12.1 Å². The number of aromatic nitrogens is 4. The third kappa shape index (κ3) is 4.68. The van der Waals surface area contributed by atoms with Crippen LogP contribution in [0, 0.1) is 6.92 Å². The fourth-order valence-electron chi connectivity index (χ4n) is 5.36. The molecule has 0 bridgehead atoms. The number of benzene rings is 1. The van der Waals surface area contributed by atoms with E-state index in [-0.39, 0.29) is 5.56 Å². The summed E-state index contributed by atoms with van der Waals surface area (Å²) in [6.45, 7) is 6.16. The summed E-state index contributed by atoms with van der Waals surface area (Å²) in [5.74, 6) is 1.43.